The van der Waals surface area contributed by atoms with E-state index in [1.165, 1.54) is 0 Å². The zero-order valence-corrected chi connectivity index (χ0v) is 10.3. The van der Waals surface area contributed by atoms with E-state index in [0.717, 1.165) is 47.8 Å². The highest BCUT2D eigenvalue weighted by atomic mass is 35.5. The normalized spacial score (nSPS) is 16.6. The number of carbonyl (C=O) groups excluding carboxylic acids is 1. The summed E-state index contributed by atoms with van der Waals surface area (Å²) in [6, 6.07) is 5.71. The maximum absolute atomic E-state index is 12.2. The van der Waals surface area contributed by atoms with Gasteiger partial charge in [0.15, 0.2) is 5.78 Å². The van der Waals surface area contributed by atoms with E-state index in [0.29, 0.717) is 11.4 Å². The van der Waals surface area contributed by atoms with Gasteiger partial charge < -0.3 is 4.98 Å². The van der Waals surface area contributed by atoms with E-state index in [4.69, 9.17) is 11.6 Å². The summed E-state index contributed by atoms with van der Waals surface area (Å²) in [5.41, 5.74) is 2.99. The van der Waals surface area contributed by atoms with Gasteiger partial charge in [0.05, 0.1) is 0 Å². The fraction of sp³-hybridized carbons (Fsp3) is 0.357. The lowest BCUT2D eigenvalue weighted by atomic mass is 9.96. The first-order valence-electron chi connectivity index (χ1n) is 6.09. The van der Waals surface area contributed by atoms with E-state index in [9.17, 15) is 4.79 Å². The first-order chi connectivity index (χ1) is 8.25. The third kappa shape index (κ3) is 1.87. The highest BCUT2D eigenvalue weighted by Gasteiger charge is 2.19. The SMILES string of the molecule is O=C1CCCCCc2[nH]c3ccc(Cl)cc3c21. The number of hydrogen-bond acceptors (Lipinski definition) is 1. The van der Waals surface area contributed by atoms with E-state index >= 15 is 0 Å². The highest BCUT2D eigenvalue weighted by molar-refractivity contribution is 6.31. The van der Waals surface area contributed by atoms with Crippen LogP contribution in [0.3, 0.4) is 0 Å². The van der Waals surface area contributed by atoms with E-state index in [1.807, 2.05) is 18.2 Å². The van der Waals surface area contributed by atoms with Gasteiger partial charge in [0.1, 0.15) is 0 Å². The van der Waals surface area contributed by atoms with Gasteiger partial charge in [0.2, 0.25) is 0 Å². The Bertz CT molecular complexity index is 585. The Hall–Kier alpha value is -1.28. The zero-order chi connectivity index (χ0) is 11.8. The van der Waals surface area contributed by atoms with Crippen LogP contribution < -0.4 is 0 Å². The summed E-state index contributed by atoms with van der Waals surface area (Å²) in [5, 5.41) is 1.67. The summed E-state index contributed by atoms with van der Waals surface area (Å²) in [5.74, 6) is 0.258. The van der Waals surface area contributed by atoms with Crippen LogP contribution in [0.1, 0.15) is 41.7 Å². The molecule has 0 bridgehead atoms. The molecule has 0 atom stereocenters. The smallest absolute Gasteiger partial charge is 0.165 e. The van der Waals surface area contributed by atoms with Crippen LogP contribution in [0.25, 0.3) is 10.9 Å². The Labute approximate surface area is 105 Å². The number of rotatable bonds is 0. The predicted molar refractivity (Wildman–Crippen MR) is 69.8 cm³/mol. The van der Waals surface area contributed by atoms with E-state index in [1.54, 1.807) is 0 Å². The molecule has 3 heteroatoms. The molecular formula is C14H14ClNO. The highest BCUT2D eigenvalue weighted by Crippen LogP contribution is 2.29. The van der Waals surface area contributed by atoms with Crippen LogP contribution in [0, 0.1) is 0 Å². The van der Waals surface area contributed by atoms with Gasteiger partial charge >= 0.3 is 0 Å². The third-order valence-corrected chi connectivity index (χ3v) is 3.68. The van der Waals surface area contributed by atoms with Crippen molar-refractivity contribution < 1.29 is 4.79 Å². The average molecular weight is 248 g/mol. The molecule has 1 aromatic carbocycles. The zero-order valence-electron chi connectivity index (χ0n) is 9.55. The molecule has 1 N–H and O–H groups in total. The van der Waals surface area contributed by atoms with Crippen molar-refractivity contribution in [3.63, 3.8) is 0 Å². The van der Waals surface area contributed by atoms with Gasteiger partial charge in [-0.2, -0.15) is 0 Å². The van der Waals surface area contributed by atoms with Crippen LogP contribution in [0.2, 0.25) is 5.02 Å². The molecule has 17 heavy (non-hydrogen) atoms. The van der Waals surface area contributed by atoms with Crippen molar-refractivity contribution in [3.8, 4) is 0 Å². The standard InChI is InChI=1S/C14H14ClNO/c15-9-6-7-11-10(8-9)14-12(16-11)4-2-1-3-5-13(14)17/h6-8,16H,1-5H2. The number of hydrogen-bond donors (Lipinski definition) is 1. The second-order valence-electron chi connectivity index (χ2n) is 4.65. The van der Waals surface area contributed by atoms with Crippen molar-refractivity contribution >= 4 is 28.3 Å². The molecule has 88 valence electrons. The molecule has 0 saturated carbocycles. The van der Waals surface area contributed by atoms with Crippen LogP contribution in [-0.4, -0.2) is 10.8 Å². The summed E-state index contributed by atoms with van der Waals surface area (Å²) < 4.78 is 0. The van der Waals surface area contributed by atoms with Crippen LogP contribution in [-0.2, 0) is 6.42 Å². The summed E-state index contributed by atoms with van der Waals surface area (Å²) in [6.07, 6.45) is 4.92. The number of aromatic nitrogens is 1. The topological polar surface area (TPSA) is 32.9 Å². The quantitative estimate of drug-likeness (QED) is 0.746. The number of aromatic amines is 1. The second kappa shape index (κ2) is 4.19. The van der Waals surface area contributed by atoms with Gasteiger partial charge in [-0.15, -0.1) is 0 Å². The van der Waals surface area contributed by atoms with E-state index in [-0.39, 0.29) is 5.78 Å². The number of H-pyrrole nitrogens is 1. The van der Waals surface area contributed by atoms with E-state index in [2.05, 4.69) is 4.98 Å². The van der Waals surface area contributed by atoms with Crippen LogP contribution in [0.15, 0.2) is 18.2 Å². The van der Waals surface area contributed by atoms with Gasteiger partial charge in [-0.1, -0.05) is 18.0 Å². The number of benzene rings is 1. The van der Waals surface area contributed by atoms with Crippen LogP contribution in [0.4, 0.5) is 0 Å². The third-order valence-electron chi connectivity index (χ3n) is 3.45. The van der Waals surface area contributed by atoms with Gasteiger partial charge in [-0.25, -0.2) is 0 Å². The molecular weight excluding hydrogens is 234 g/mol. The van der Waals surface area contributed by atoms with Crippen molar-refractivity contribution in [1.29, 1.82) is 0 Å². The molecule has 1 aliphatic rings. The summed E-state index contributed by atoms with van der Waals surface area (Å²) >= 11 is 6.01. The Morgan fingerprint density at radius 3 is 2.82 bits per heavy atom. The Morgan fingerprint density at radius 1 is 1.12 bits per heavy atom. The number of halogens is 1. The number of fused-ring (bicyclic) bond motifs is 3. The van der Waals surface area contributed by atoms with Crippen molar-refractivity contribution in [3.05, 3.63) is 34.5 Å². The molecule has 3 rings (SSSR count). The minimum atomic E-state index is 0.258. The minimum Gasteiger partial charge on any atom is -0.358 e. The van der Waals surface area contributed by atoms with Crippen molar-refractivity contribution in [2.24, 2.45) is 0 Å². The van der Waals surface area contributed by atoms with Crippen molar-refractivity contribution in [1.82, 2.24) is 4.98 Å². The molecule has 0 saturated heterocycles. The number of nitrogens with one attached hydrogen (secondary N) is 1. The molecule has 1 aliphatic carbocycles. The molecule has 0 fully saturated rings. The molecule has 1 aromatic heterocycles. The maximum Gasteiger partial charge on any atom is 0.165 e. The van der Waals surface area contributed by atoms with Gasteiger partial charge in [0, 0.05) is 33.6 Å². The van der Waals surface area contributed by atoms with Gasteiger partial charge in [-0.05, 0) is 37.5 Å². The molecule has 2 aromatic rings. The number of Topliss-reactive ketones (excluding diaryl/α,β-unsaturated/α-hetero) is 1. The first-order valence-corrected chi connectivity index (χ1v) is 6.47. The summed E-state index contributed by atoms with van der Waals surface area (Å²) in [6.45, 7) is 0. The molecule has 2 nitrogen and oxygen atoms in total. The Morgan fingerprint density at radius 2 is 1.94 bits per heavy atom. The lowest BCUT2D eigenvalue weighted by Crippen LogP contribution is -2.05. The number of ketones is 1. The summed E-state index contributed by atoms with van der Waals surface area (Å²) in [4.78, 5) is 15.5. The Balaban J connectivity index is 2.25. The monoisotopic (exact) mass is 247 g/mol. The van der Waals surface area contributed by atoms with Crippen molar-refractivity contribution in [2.75, 3.05) is 0 Å². The molecule has 0 radical (unpaired) electrons. The van der Waals surface area contributed by atoms with Crippen LogP contribution >= 0.6 is 11.6 Å². The minimum absolute atomic E-state index is 0.258. The molecule has 1 heterocycles. The van der Waals surface area contributed by atoms with E-state index < -0.39 is 0 Å². The van der Waals surface area contributed by atoms with Gasteiger partial charge in [0.25, 0.3) is 0 Å². The molecule has 0 aliphatic heterocycles. The van der Waals surface area contributed by atoms with Crippen molar-refractivity contribution in [2.45, 2.75) is 32.1 Å². The number of aryl methyl sites for hydroxylation is 1. The number of carbonyl (C=O) groups is 1. The molecule has 0 spiro atoms. The summed E-state index contributed by atoms with van der Waals surface area (Å²) in [7, 11) is 0. The fourth-order valence-electron chi connectivity index (χ4n) is 2.62. The first kappa shape index (κ1) is 10.8. The molecule has 0 amide bonds. The van der Waals surface area contributed by atoms with Gasteiger partial charge in [-0.3, -0.25) is 4.79 Å². The van der Waals surface area contributed by atoms with Crippen LogP contribution in [0.5, 0.6) is 0 Å². The Kier molecular flexibility index (Phi) is 2.67. The predicted octanol–water partition coefficient (Wildman–Crippen LogP) is 4.12. The average Bonchev–Trinajstić information content (AvgIpc) is 2.62. The lowest BCUT2D eigenvalue weighted by molar-refractivity contribution is 0.0978. The maximum atomic E-state index is 12.2. The largest absolute Gasteiger partial charge is 0.358 e. The second-order valence-corrected chi connectivity index (χ2v) is 5.09. The molecule has 0 unspecified atom stereocenters. The lowest BCUT2D eigenvalue weighted by Gasteiger charge is -2.08. The fourth-order valence-corrected chi connectivity index (χ4v) is 2.79.